The van der Waals surface area contributed by atoms with E-state index < -0.39 is 17.7 Å². The molecule has 1 atom stereocenters. The van der Waals surface area contributed by atoms with Gasteiger partial charge >= 0.3 is 12.1 Å². The molecule has 5 nitrogen and oxygen atoms in total. The van der Waals surface area contributed by atoms with Crippen LogP contribution in [0.1, 0.15) is 39.2 Å². The Hall–Kier alpha value is -2.82. The number of nitrogens with one attached hydrogen (secondary N) is 1. The van der Waals surface area contributed by atoms with E-state index in [1.54, 1.807) is 20.8 Å². The minimum Gasteiger partial charge on any atom is -0.481 e. The highest BCUT2D eigenvalue weighted by Crippen LogP contribution is 2.20. The van der Waals surface area contributed by atoms with Gasteiger partial charge in [-0.05, 0) is 50.3 Å². The maximum Gasteiger partial charge on any atom is 0.407 e. The van der Waals surface area contributed by atoms with Gasteiger partial charge in [-0.25, -0.2) is 4.79 Å². The molecule has 0 aliphatic rings. The highest BCUT2D eigenvalue weighted by Gasteiger charge is 2.20. The summed E-state index contributed by atoms with van der Waals surface area (Å²) < 4.78 is 5.29. The van der Waals surface area contributed by atoms with Crippen molar-refractivity contribution in [3.05, 3.63) is 60.2 Å². The number of benzene rings is 2. The molecule has 0 saturated heterocycles. The molecule has 0 bridgehead atoms. The number of alkyl carbamates (subject to hydrolysis) is 1. The zero-order valence-electron chi connectivity index (χ0n) is 16.1. The Morgan fingerprint density at radius 1 is 1.00 bits per heavy atom. The summed E-state index contributed by atoms with van der Waals surface area (Å²) >= 11 is 0. The lowest BCUT2D eigenvalue weighted by Crippen LogP contribution is -2.40. The molecule has 144 valence electrons. The van der Waals surface area contributed by atoms with E-state index in [2.05, 4.69) is 17.4 Å². The molecule has 0 spiro atoms. The van der Waals surface area contributed by atoms with E-state index in [9.17, 15) is 9.59 Å². The number of carbonyl (C=O) groups excluding carboxylic acids is 1. The maximum atomic E-state index is 12.1. The van der Waals surface area contributed by atoms with Gasteiger partial charge in [0.1, 0.15) is 5.60 Å². The van der Waals surface area contributed by atoms with Crippen LogP contribution in [-0.2, 0) is 16.0 Å². The van der Waals surface area contributed by atoms with Crippen LogP contribution in [0.4, 0.5) is 4.79 Å². The van der Waals surface area contributed by atoms with Gasteiger partial charge in [-0.2, -0.15) is 0 Å². The third-order valence-corrected chi connectivity index (χ3v) is 3.97. The summed E-state index contributed by atoms with van der Waals surface area (Å²) in [5, 5.41) is 11.8. The molecule has 0 saturated carbocycles. The van der Waals surface area contributed by atoms with E-state index in [1.807, 2.05) is 42.5 Å². The van der Waals surface area contributed by atoms with Gasteiger partial charge in [-0.3, -0.25) is 4.79 Å². The zero-order chi connectivity index (χ0) is 19.9. The fraction of sp³-hybridized carbons (Fsp3) is 0.364. The molecule has 2 aromatic carbocycles. The number of carboxylic acids is 1. The summed E-state index contributed by atoms with van der Waals surface area (Å²) in [5.41, 5.74) is 2.68. The predicted molar refractivity (Wildman–Crippen MR) is 106 cm³/mol. The minimum absolute atomic E-state index is 0.0113. The zero-order valence-corrected chi connectivity index (χ0v) is 16.1. The lowest BCUT2D eigenvalue weighted by molar-refractivity contribution is -0.137. The molecule has 2 aromatic rings. The molecule has 0 fully saturated rings. The molecule has 1 amide bonds. The molecule has 0 aliphatic carbocycles. The van der Waals surface area contributed by atoms with E-state index in [1.165, 1.54) is 0 Å². The SMILES string of the molecule is CC(C)(C)OC(=O)N[C@@H](CCC(=O)O)Cc1ccc(-c2ccccc2)cc1. The molecule has 0 aromatic heterocycles. The number of amides is 1. The Labute approximate surface area is 160 Å². The van der Waals surface area contributed by atoms with Crippen molar-refractivity contribution in [3.63, 3.8) is 0 Å². The first-order chi connectivity index (χ1) is 12.7. The van der Waals surface area contributed by atoms with E-state index in [-0.39, 0.29) is 12.5 Å². The van der Waals surface area contributed by atoms with Gasteiger partial charge in [-0.1, -0.05) is 54.6 Å². The summed E-state index contributed by atoms with van der Waals surface area (Å²) in [6.07, 6.45) is 0.345. The van der Waals surface area contributed by atoms with Crippen LogP contribution in [0.25, 0.3) is 11.1 Å². The van der Waals surface area contributed by atoms with Crippen LogP contribution in [-0.4, -0.2) is 28.8 Å². The van der Waals surface area contributed by atoms with Gasteiger partial charge in [0.15, 0.2) is 0 Å². The Kier molecular flexibility index (Phi) is 6.99. The van der Waals surface area contributed by atoms with Crippen LogP contribution in [0, 0.1) is 0 Å². The van der Waals surface area contributed by atoms with Gasteiger partial charge in [0.05, 0.1) is 0 Å². The summed E-state index contributed by atoms with van der Waals surface area (Å²) in [7, 11) is 0. The topological polar surface area (TPSA) is 75.6 Å². The summed E-state index contributed by atoms with van der Waals surface area (Å²) in [5.74, 6) is -0.884. The second-order valence-corrected chi connectivity index (χ2v) is 7.54. The number of rotatable bonds is 7. The second-order valence-electron chi connectivity index (χ2n) is 7.54. The summed E-state index contributed by atoms with van der Waals surface area (Å²) in [6.45, 7) is 5.38. The first-order valence-electron chi connectivity index (χ1n) is 9.08. The Balaban J connectivity index is 2.05. The highest BCUT2D eigenvalue weighted by molar-refractivity contribution is 5.69. The van der Waals surface area contributed by atoms with Gasteiger partial charge in [0.2, 0.25) is 0 Å². The lowest BCUT2D eigenvalue weighted by atomic mass is 9.98. The van der Waals surface area contributed by atoms with Crippen LogP contribution >= 0.6 is 0 Å². The smallest absolute Gasteiger partial charge is 0.407 e. The molecule has 0 aliphatic heterocycles. The Morgan fingerprint density at radius 2 is 1.59 bits per heavy atom. The second kappa shape index (κ2) is 9.21. The highest BCUT2D eigenvalue weighted by atomic mass is 16.6. The quantitative estimate of drug-likeness (QED) is 0.745. The van der Waals surface area contributed by atoms with E-state index in [0.717, 1.165) is 16.7 Å². The van der Waals surface area contributed by atoms with Gasteiger partial charge < -0.3 is 15.2 Å². The van der Waals surface area contributed by atoms with Crippen molar-refractivity contribution in [2.24, 2.45) is 0 Å². The van der Waals surface area contributed by atoms with Crippen molar-refractivity contribution >= 4 is 12.1 Å². The average Bonchev–Trinajstić information content (AvgIpc) is 2.59. The minimum atomic E-state index is -0.884. The molecule has 0 radical (unpaired) electrons. The lowest BCUT2D eigenvalue weighted by Gasteiger charge is -2.23. The summed E-state index contributed by atoms with van der Waals surface area (Å²) in [4.78, 5) is 23.0. The first kappa shape index (κ1) is 20.5. The van der Waals surface area contributed by atoms with Crippen molar-refractivity contribution in [1.82, 2.24) is 5.32 Å². The number of aliphatic carboxylic acids is 1. The third-order valence-electron chi connectivity index (χ3n) is 3.97. The van der Waals surface area contributed by atoms with Gasteiger partial charge in [0, 0.05) is 12.5 Å². The number of hydrogen-bond donors (Lipinski definition) is 2. The molecule has 0 unspecified atom stereocenters. The number of hydrogen-bond acceptors (Lipinski definition) is 3. The standard InChI is InChI=1S/C22H27NO4/c1-22(2,3)27-21(26)23-19(13-14-20(24)25)15-16-9-11-18(12-10-16)17-7-5-4-6-8-17/h4-12,19H,13-15H2,1-3H3,(H,23,26)(H,24,25)/t19-/m0/s1. The van der Waals surface area contributed by atoms with Crippen LogP contribution in [0.5, 0.6) is 0 Å². The van der Waals surface area contributed by atoms with Gasteiger partial charge in [-0.15, -0.1) is 0 Å². The fourth-order valence-corrected chi connectivity index (χ4v) is 2.75. The molecule has 0 heterocycles. The fourth-order valence-electron chi connectivity index (χ4n) is 2.75. The van der Waals surface area contributed by atoms with E-state index >= 15 is 0 Å². The van der Waals surface area contributed by atoms with Crippen molar-refractivity contribution in [1.29, 1.82) is 0 Å². The van der Waals surface area contributed by atoms with Crippen molar-refractivity contribution in [2.45, 2.75) is 51.7 Å². The van der Waals surface area contributed by atoms with Crippen LogP contribution in [0.15, 0.2) is 54.6 Å². The van der Waals surface area contributed by atoms with Gasteiger partial charge in [0.25, 0.3) is 0 Å². The van der Waals surface area contributed by atoms with Crippen molar-refractivity contribution in [3.8, 4) is 11.1 Å². The molecule has 2 N–H and O–H groups in total. The normalized spacial score (nSPS) is 12.3. The van der Waals surface area contributed by atoms with Crippen molar-refractivity contribution in [2.75, 3.05) is 0 Å². The largest absolute Gasteiger partial charge is 0.481 e. The molecule has 5 heteroatoms. The van der Waals surface area contributed by atoms with Crippen LogP contribution in [0.3, 0.4) is 0 Å². The molecule has 2 rings (SSSR count). The van der Waals surface area contributed by atoms with E-state index in [4.69, 9.17) is 9.84 Å². The summed E-state index contributed by atoms with van der Waals surface area (Å²) in [6, 6.07) is 17.8. The number of carboxylic acid groups (broad SMARTS) is 1. The van der Waals surface area contributed by atoms with Crippen LogP contribution < -0.4 is 5.32 Å². The van der Waals surface area contributed by atoms with Crippen molar-refractivity contribution < 1.29 is 19.4 Å². The number of ether oxygens (including phenoxy) is 1. The van der Waals surface area contributed by atoms with Crippen LogP contribution in [0.2, 0.25) is 0 Å². The maximum absolute atomic E-state index is 12.1. The number of carbonyl (C=O) groups is 2. The Bertz CT molecular complexity index is 748. The third kappa shape index (κ3) is 7.52. The van der Waals surface area contributed by atoms with E-state index in [0.29, 0.717) is 12.8 Å². The molecule has 27 heavy (non-hydrogen) atoms. The average molecular weight is 369 g/mol. The molecular weight excluding hydrogens is 342 g/mol. The molecular formula is C22H27NO4. The Morgan fingerprint density at radius 3 is 2.15 bits per heavy atom. The predicted octanol–water partition coefficient (Wildman–Crippen LogP) is 4.65. The monoisotopic (exact) mass is 369 g/mol. The first-order valence-corrected chi connectivity index (χ1v) is 9.08.